The van der Waals surface area contributed by atoms with Crippen LogP contribution in [0.4, 0.5) is 10.1 Å². The molecule has 0 unspecified atom stereocenters. The third-order valence-electron chi connectivity index (χ3n) is 4.87. The molecule has 0 amide bonds. The summed E-state index contributed by atoms with van der Waals surface area (Å²) in [4.78, 5) is 23.6. The largest absolute Gasteiger partial charge is 0.378 e. The van der Waals surface area contributed by atoms with Gasteiger partial charge in [0.25, 0.3) is 5.56 Å². The van der Waals surface area contributed by atoms with Crippen LogP contribution < -0.4 is 10.5 Å². The van der Waals surface area contributed by atoms with Gasteiger partial charge in [-0.1, -0.05) is 18.2 Å². The molecule has 0 aliphatic heterocycles. The van der Waals surface area contributed by atoms with E-state index in [4.69, 9.17) is 0 Å². The normalized spacial score (nSPS) is 11.3. The minimum absolute atomic E-state index is 0.230. The minimum Gasteiger partial charge on any atom is -0.378 e. The lowest BCUT2D eigenvalue weighted by Crippen LogP contribution is -2.24. The summed E-state index contributed by atoms with van der Waals surface area (Å²) in [5, 5.41) is 0. The fraction of sp³-hybridized carbons (Fsp3) is 0.125. The molecule has 0 saturated carbocycles. The lowest BCUT2D eigenvalue weighted by atomic mass is 10.1. The van der Waals surface area contributed by atoms with Crippen molar-refractivity contribution >= 4 is 28.9 Å². The molecule has 150 valence electrons. The molecular formula is C24H21FN4O. The number of rotatable bonds is 5. The summed E-state index contributed by atoms with van der Waals surface area (Å²) in [7, 11) is 3.96. The van der Waals surface area contributed by atoms with Crippen molar-refractivity contribution in [3.63, 3.8) is 0 Å². The first kappa shape index (κ1) is 19.5. The van der Waals surface area contributed by atoms with E-state index in [1.54, 1.807) is 29.1 Å². The average Bonchev–Trinajstić information content (AvgIpc) is 2.75. The van der Waals surface area contributed by atoms with Gasteiger partial charge in [0.05, 0.1) is 17.6 Å². The van der Waals surface area contributed by atoms with Crippen LogP contribution >= 0.6 is 0 Å². The maximum absolute atomic E-state index is 13.8. The van der Waals surface area contributed by atoms with Gasteiger partial charge in [0.1, 0.15) is 11.5 Å². The number of hydrogen-bond acceptors (Lipinski definition) is 4. The van der Waals surface area contributed by atoms with Crippen molar-refractivity contribution in [3.8, 4) is 0 Å². The van der Waals surface area contributed by atoms with E-state index >= 15 is 0 Å². The maximum atomic E-state index is 13.8. The summed E-state index contributed by atoms with van der Waals surface area (Å²) in [6.45, 7) is 0.352. The number of pyridine rings is 1. The molecule has 0 fully saturated rings. The second-order valence-electron chi connectivity index (χ2n) is 7.20. The van der Waals surface area contributed by atoms with E-state index in [-0.39, 0.29) is 11.3 Å². The van der Waals surface area contributed by atoms with Gasteiger partial charge < -0.3 is 9.47 Å². The quantitative estimate of drug-likeness (QED) is 0.503. The number of fused-ring (bicyclic) bond motifs is 1. The van der Waals surface area contributed by atoms with Crippen molar-refractivity contribution in [1.82, 2.24) is 14.5 Å². The molecule has 0 N–H and O–H groups in total. The smallest absolute Gasteiger partial charge is 0.277 e. The molecule has 30 heavy (non-hydrogen) atoms. The first-order valence-corrected chi connectivity index (χ1v) is 9.56. The van der Waals surface area contributed by atoms with Gasteiger partial charge in [-0.2, -0.15) is 0 Å². The predicted octanol–water partition coefficient (Wildman–Crippen LogP) is 4.22. The van der Waals surface area contributed by atoms with Crippen molar-refractivity contribution < 1.29 is 4.39 Å². The minimum atomic E-state index is -0.390. The molecule has 2 heterocycles. The summed E-state index contributed by atoms with van der Waals surface area (Å²) in [6, 6.07) is 15.9. The Hall–Kier alpha value is -3.80. The van der Waals surface area contributed by atoms with Crippen LogP contribution in [0.3, 0.4) is 0 Å². The molecule has 0 spiro atoms. The molecule has 0 saturated heterocycles. The molecule has 4 rings (SSSR count). The summed E-state index contributed by atoms with van der Waals surface area (Å²) in [6.07, 6.45) is 6.88. The highest BCUT2D eigenvalue weighted by molar-refractivity contribution is 5.78. The van der Waals surface area contributed by atoms with E-state index in [2.05, 4.69) is 9.97 Å². The van der Waals surface area contributed by atoms with E-state index in [1.807, 2.05) is 61.5 Å². The molecule has 0 bridgehead atoms. The van der Waals surface area contributed by atoms with Crippen LogP contribution in [0.1, 0.15) is 16.8 Å². The molecule has 4 aromatic rings. The summed E-state index contributed by atoms with van der Waals surface area (Å²) < 4.78 is 15.4. The molecule has 0 aliphatic carbocycles. The Morgan fingerprint density at radius 3 is 2.43 bits per heavy atom. The Morgan fingerprint density at radius 1 is 1.00 bits per heavy atom. The summed E-state index contributed by atoms with van der Waals surface area (Å²) in [5.74, 6) is -0.390. The summed E-state index contributed by atoms with van der Waals surface area (Å²) >= 11 is 0. The second-order valence-corrected chi connectivity index (χ2v) is 7.20. The first-order valence-electron chi connectivity index (χ1n) is 9.56. The zero-order valence-corrected chi connectivity index (χ0v) is 16.8. The van der Waals surface area contributed by atoms with E-state index in [0.717, 1.165) is 16.8 Å². The molecule has 5 nitrogen and oxygen atoms in total. The van der Waals surface area contributed by atoms with Crippen LogP contribution in [0.2, 0.25) is 0 Å². The Bertz CT molecular complexity index is 1260. The van der Waals surface area contributed by atoms with Gasteiger partial charge in [-0.15, -0.1) is 0 Å². The molecule has 6 heteroatoms. The number of aromatic nitrogens is 3. The topological polar surface area (TPSA) is 51.0 Å². The number of anilines is 1. The van der Waals surface area contributed by atoms with Crippen molar-refractivity contribution in [2.24, 2.45) is 0 Å². The molecular weight excluding hydrogens is 379 g/mol. The molecule has 2 aromatic carbocycles. The molecule has 0 aliphatic rings. The van der Waals surface area contributed by atoms with Crippen LogP contribution in [-0.2, 0) is 6.54 Å². The van der Waals surface area contributed by atoms with Crippen LogP contribution in [0.25, 0.3) is 23.2 Å². The van der Waals surface area contributed by atoms with Crippen molar-refractivity contribution in [2.75, 3.05) is 19.0 Å². The van der Waals surface area contributed by atoms with E-state index in [9.17, 15) is 9.18 Å². The van der Waals surface area contributed by atoms with Crippen LogP contribution in [-0.4, -0.2) is 28.6 Å². The highest BCUT2D eigenvalue weighted by Gasteiger charge is 2.11. The van der Waals surface area contributed by atoms with Crippen LogP contribution in [0.5, 0.6) is 0 Å². The SMILES string of the molecule is CN(C)c1ccc(/C=C/c2nc3cc(F)ccc3n(Cc3ccncc3)c2=O)cc1. The van der Waals surface area contributed by atoms with Gasteiger partial charge in [0.15, 0.2) is 0 Å². The predicted molar refractivity (Wildman–Crippen MR) is 119 cm³/mol. The Morgan fingerprint density at radius 2 is 1.73 bits per heavy atom. The van der Waals surface area contributed by atoms with Crippen molar-refractivity contribution in [3.05, 3.63) is 100.0 Å². The van der Waals surface area contributed by atoms with Gasteiger partial charge in [-0.3, -0.25) is 9.78 Å². The number of hydrogen-bond donors (Lipinski definition) is 0. The van der Waals surface area contributed by atoms with Crippen molar-refractivity contribution in [2.45, 2.75) is 6.54 Å². The lowest BCUT2D eigenvalue weighted by molar-refractivity contribution is 0.628. The highest BCUT2D eigenvalue weighted by Crippen LogP contribution is 2.17. The Kier molecular flexibility index (Phi) is 5.39. The third kappa shape index (κ3) is 4.12. The van der Waals surface area contributed by atoms with Crippen LogP contribution in [0, 0.1) is 5.82 Å². The van der Waals surface area contributed by atoms with E-state index in [0.29, 0.717) is 17.6 Å². The molecule has 2 aromatic heterocycles. The van der Waals surface area contributed by atoms with Gasteiger partial charge >= 0.3 is 0 Å². The second kappa shape index (κ2) is 8.29. The van der Waals surface area contributed by atoms with E-state index in [1.165, 1.54) is 12.1 Å². The van der Waals surface area contributed by atoms with Gasteiger partial charge in [0, 0.05) is 38.2 Å². The average molecular weight is 400 g/mol. The van der Waals surface area contributed by atoms with Crippen LogP contribution in [0.15, 0.2) is 71.8 Å². The molecule has 0 atom stereocenters. The number of nitrogens with zero attached hydrogens (tertiary/aromatic N) is 4. The zero-order chi connectivity index (χ0) is 21.1. The highest BCUT2D eigenvalue weighted by atomic mass is 19.1. The number of benzene rings is 2. The summed E-state index contributed by atoms with van der Waals surface area (Å²) in [5.41, 5.74) is 4.02. The third-order valence-corrected chi connectivity index (χ3v) is 4.87. The van der Waals surface area contributed by atoms with Gasteiger partial charge in [-0.25, -0.2) is 9.37 Å². The van der Waals surface area contributed by atoms with Crippen molar-refractivity contribution in [1.29, 1.82) is 0 Å². The standard InChI is InChI=1S/C24H21FN4O/c1-28(2)20-7-3-17(4-8-20)5-9-21-24(30)29(16-18-11-13-26-14-12-18)23-10-6-19(25)15-22(23)27-21/h3-15H,16H2,1-2H3/b9-5+. The van der Waals surface area contributed by atoms with E-state index < -0.39 is 5.82 Å². The number of halogens is 1. The van der Waals surface area contributed by atoms with Gasteiger partial charge in [0.2, 0.25) is 0 Å². The zero-order valence-electron chi connectivity index (χ0n) is 16.8. The Labute approximate surface area is 173 Å². The fourth-order valence-electron chi connectivity index (χ4n) is 3.23. The molecule has 0 radical (unpaired) electrons. The first-order chi connectivity index (χ1) is 14.5. The van der Waals surface area contributed by atoms with Gasteiger partial charge in [-0.05, 0) is 53.6 Å². The monoisotopic (exact) mass is 400 g/mol. The maximum Gasteiger partial charge on any atom is 0.277 e. The lowest BCUT2D eigenvalue weighted by Gasteiger charge is -2.12. The Balaban J connectivity index is 1.77. The fourth-order valence-corrected chi connectivity index (χ4v) is 3.23.